The predicted molar refractivity (Wildman–Crippen MR) is 105 cm³/mol. The first-order valence-corrected chi connectivity index (χ1v) is 9.39. The van der Waals surface area contributed by atoms with Crippen LogP contribution in [0.15, 0.2) is 54.6 Å². The van der Waals surface area contributed by atoms with Gasteiger partial charge in [-0.15, -0.1) is 0 Å². The first-order valence-electron chi connectivity index (χ1n) is 9.39. The van der Waals surface area contributed by atoms with Crippen LogP contribution in [0.2, 0.25) is 0 Å². The quantitative estimate of drug-likeness (QED) is 0.864. The Morgan fingerprint density at radius 1 is 1.08 bits per heavy atom. The van der Waals surface area contributed by atoms with Crippen molar-refractivity contribution >= 4 is 5.91 Å². The molecule has 1 atom stereocenters. The largest absolute Gasteiger partial charge is 0.379 e. The minimum atomic E-state index is -0.0544. The van der Waals surface area contributed by atoms with E-state index in [1.807, 2.05) is 54.6 Å². The zero-order valence-electron chi connectivity index (χ0n) is 15.7. The summed E-state index contributed by atoms with van der Waals surface area (Å²) >= 11 is 0. The molecule has 4 nitrogen and oxygen atoms in total. The lowest BCUT2D eigenvalue weighted by Crippen LogP contribution is -2.56. The number of carbonyl (C=O) groups excluding carboxylic acids is 1. The number of hydrogen-bond donors (Lipinski definition) is 1. The molecule has 0 spiro atoms. The lowest BCUT2D eigenvalue weighted by atomic mass is 9.94. The van der Waals surface area contributed by atoms with Crippen LogP contribution in [0, 0.1) is 0 Å². The van der Waals surface area contributed by atoms with E-state index in [1.54, 1.807) is 0 Å². The molecule has 0 saturated carbocycles. The molecule has 1 saturated heterocycles. The van der Waals surface area contributed by atoms with Crippen LogP contribution in [0.4, 0.5) is 0 Å². The van der Waals surface area contributed by atoms with Gasteiger partial charge in [0, 0.05) is 30.7 Å². The summed E-state index contributed by atoms with van der Waals surface area (Å²) in [4.78, 5) is 15.4. The number of benzene rings is 2. The third-order valence-corrected chi connectivity index (χ3v) is 5.42. The van der Waals surface area contributed by atoms with E-state index in [9.17, 15) is 4.79 Å². The van der Waals surface area contributed by atoms with Gasteiger partial charge in [0.25, 0.3) is 5.91 Å². The van der Waals surface area contributed by atoms with Crippen molar-refractivity contribution in [1.82, 2.24) is 10.2 Å². The number of amides is 1. The summed E-state index contributed by atoms with van der Waals surface area (Å²) in [6, 6.07) is 17.9. The smallest absolute Gasteiger partial charge is 0.251 e. The molecule has 4 heteroatoms. The fourth-order valence-corrected chi connectivity index (χ4v) is 3.48. The minimum absolute atomic E-state index is 0.0163. The van der Waals surface area contributed by atoms with E-state index in [4.69, 9.17) is 4.74 Å². The molecule has 1 N–H and O–H groups in total. The molecule has 1 fully saturated rings. The molecular weight excluding hydrogens is 324 g/mol. The van der Waals surface area contributed by atoms with Crippen molar-refractivity contribution < 1.29 is 9.53 Å². The van der Waals surface area contributed by atoms with Gasteiger partial charge in [-0.25, -0.2) is 0 Å². The van der Waals surface area contributed by atoms with E-state index >= 15 is 0 Å². The van der Waals surface area contributed by atoms with Gasteiger partial charge in [0.2, 0.25) is 0 Å². The van der Waals surface area contributed by atoms with Crippen molar-refractivity contribution in [2.24, 2.45) is 0 Å². The third-order valence-electron chi connectivity index (χ3n) is 5.42. The summed E-state index contributed by atoms with van der Waals surface area (Å²) in [6.07, 6.45) is 0.980. The Balaban J connectivity index is 1.74. The fraction of sp³-hybridized carbons (Fsp3) is 0.409. The maximum atomic E-state index is 12.9. The highest BCUT2D eigenvalue weighted by atomic mass is 16.5. The average Bonchev–Trinajstić information content (AvgIpc) is 2.73. The summed E-state index contributed by atoms with van der Waals surface area (Å²) < 4.78 is 5.47. The molecule has 1 aliphatic rings. The number of rotatable bonds is 6. The lowest BCUT2D eigenvalue weighted by molar-refractivity contribution is -0.0169. The Morgan fingerprint density at radius 2 is 1.73 bits per heavy atom. The Kier molecular flexibility index (Phi) is 6.07. The van der Waals surface area contributed by atoms with Crippen LogP contribution in [0.3, 0.4) is 0 Å². The van der Waals surface area contributed by atoms with Crippen LogP contribution in [-0.2, 0) is 4.74 Å². The van der Waals surface area contributed by atoms with Gasteiger partial charge >= 0.3 is 0 Å². The maximum absolute atomic E-state index is 12.9. The molecule has 0 aromatic heterocycles. The predicted octanol–water partition coefficient (Wildman–Crippen LogP) is 3.58. The minimum Gasteiger partial charge on any atom is -0.379 e. The summed E-state index contributed by atoms with van der Waals surface area (Å²) in [5, 5.41) is 3.18. The molecule has 0 unspecified atom stereocenters. The van der Waals surface area contributed by atoms with Crippen molar-refractivity contribution in [1.29, 1.82) is 0 Å². The normalized spacial score (nSPS) is 17.5. The van der Waals surface area contributed by atoms with Crippen LogP contribution in [0.25, 0.3) is 11.1 Å². The second kappa shape index (κ2) is 8.47. The van der Waals surface area contributed by atoms with Crippen molar-refractivity contribution in [2.45, 2.75) is 25.8 Å². The van der Waals surface area contributed by atoms with Crippen molar-refractivity contribution in [3.8, 4) is 11.1 Å². The summed E-state index contributed by atoms with van der Waals surface area (Å²) in [5.41, 5.74) is 2.69. The standard InChI is InChI=1S/C22H28N2O2/c1-3-22(2,24-13-15-26-16-14-24)17-23-21(25)20-12-8-7-11-19(20)18-9-5-4-6-10-18/h4-12H,3,13-17H2,1-2H3,(H,23,25)/t22-/m0/s1. The molecule has 1 amide bonds. The van der Waals surface area contributed by atoms with Crippen LogP contribution in [0.5, 0.6) is 0 Å². The van der Waals surface area contributed by atoms with Gasteiger partial charge in [-0.2, -0.15) is 0 Å². The number of ether oxygens (including phenoxy) is 1. The van der Waals surface area contributed by atoms with E-state index in [0.29, 0.717) is 6.54 Å². The van der Waals surface area contributed by atoms with Crippen LogP contribution >= 0.6 is 0 Å². The first kappa shape index (κ1) is 18.6. The molecule has 0 bridgehead atoms. The summed E-state index contributed by atoms with van der Waals surface area (Å²) in [7, 11) is 0. The Hall–Kier alpha value is -2.17. The third kappa shape index (κ3) is 4.14. The molecule has 138 valence electrons. The Morgan fingerprint density at radius 3 is 2.42 bits per heavy atom. The van der Waals surface area contributed by atoms with Gasteiger partial charge in [0.1, 0.15) is 0 Å². The van der Waals surface area contributed by atoms with Gasteiger partial charge in [-0.05, 0) is 30.5 Å². The highest BCUT2D eigenvalue weighted by molar-refractivity contribution is 6.00. The monoisotopic (exact) mass is 352 g/mol. The van der Waals surface area contributed by atoms with Crippen molar-refractivity contribution in [2.75, 3.05) is 32.8 Å². The highest BCUT2D eigenvalue weighted by Gasteiger charge is 2.31. The van der Waals surface area contributed by atoms with Gasteiger partial charge in [0.05, 0.1) is 13.2 Å². The fourth-order valence-electron chi connectivity index (χ4n) is 3.48. The second-order valence-corrected chi connectivity index (χ2v) is 7.04. The van der Waals surface area contributed by atoms with E-state index in [1.165, 1.54) is 0 Å². The number of nitrogens with one attached hydrogen (secondary N) is 1. The van der Waals surface area contributed by atoms with E-state index in [0.717, 1.165) is 49.4 Å². The number of hydrogen-bond acceptors (Lipinski definition) is 3. The van der Waals surface area contributed by atoms with E-state index < -0.39 is 0 Å². The van der Waals surface area contributed by atoms with E-state index in [2.05, 4.69) is 24.1 Å². The summed E-state index contributed by atoms with van der Waals surface area (Å²) in [5.74, 6) is -0.0163. The van der Waals surface area contributed by atoms with Gasteiger partial charge < -0.3 is 10.1 Å². The lowest BCUT2D eigenvalue weighted by Gasteiger charge is -2.43. The number of morpholine rings is 1. The van der Waals surface area contributed by atoms with Gasteiger partial charge in [-0.3, -0.25) is 9.69 Å². The van der Waals surface area contributed by atoms with Crippen LogP contribution in [-0.4, -0.2) is 49.2 Å². The first-order chi connectivity index (χ1) is 12.6. The molecule has 26 heavy (non-hydrogen) atoms. The van der Waals surface area contributed by atoms with Gasteiger partial charge in [0.15, 0.2) is 0 Å². The number of carbonyl (C=O) groups is 1. The topological polar surface area (TPSA) is 41.6 Å². The molecule has 2 aromatic rings. The number of nitrogens with zero attached hydrogens (tertiary/aromatic N) is 1. The Bertz CT molecular complexity index is 726. The molecule has 1 aliphatic heterocycles. The van der Waals surface area contributed by atoms with Crippen molar-refractivity contribution in [3.05, 3.63) is 60.2 Å². The second-order valence-electron chi connectivity index (χ2n) is 7.04. The zero-order valence-corrected chi connectivity index (χ0v) is 15.7. The Labute approximate surface area is 156 Å². The molecule has 1 heterocycles. The van der Waals surface area contributed by atoms with Crippen LogP contribution < -0.4 is 5.32 Å². The highest BCUT2D eigenvalue weighted by Crippen LogP contribution is 2.24. The van der Waals surface area contributed by atoms with Crippen LogP contribution in [0.1, 0.15) is 30.6 Å². The van der Waals surface area contributed by atoms with E-state index in [-0.39, 0.29) is 11.4 Å². The molecule has 0 radical (unpaired) electrons. The molecule has 3 rings (SSSR count). The summed E-state index contributed by atoms with van der Waals surface area (Å²) in [6.45, 7) is 8.40. The maximum Gasteiger partial charge on any atom is 0.251 e. The SMILES string of the molecule is CC[C@@](C)(CNC(=O)c1ccccc1-c1ccccc1)N1CCOCC1. The average molecular weight is 352 g/mol. The molecule has 2 aromatic carbocycles. The molecular formula is C22H28N2O2. The van der Waals surface area contributed by atoms with Crippen molar-refractivity contribution in [3.63, 3.8) is 0 Å². The van der Waals surface area contributed by atoms with Gasteiger partial charge in [-0.1, -0.05) is 55.5 Å². The zero-order chi connectivity index (χ0) is 18.4. The molecule has 0 aliphatic carbocycles.